The number of esters is 1. The summed E-state index contributed by atoms with van der Waals surface area (Å²) in [6, 6.07) is 15.7. The lowest BCUT2D eigenvalue weighted by molar-refractivity contribution is -0.112. The summed E-state index contributed by atoms with van der Waals surface area (Å²) in [5, 5.41) is 1.80. The maximum Gasteiger partial charge on any atom is 0.348 e. The molecule has 4 rings (SSSR count). The third kappa shape index (κ3) is 3.47. The molecule has 132 valence electrons. The van der Waals surface area contributed by atoms with Gasteiger partial charge in [-0.05, 0) is 23.6 Å². The largest absolute Gasteiger partial charge is 0.460 e. The Balaban J connectivity index is 1.56. The van der Waals surface area contributed by atoms with Crippen molar-refractivity contribution in [1.29, 1.82) is 0 Å². The van der Waals surface area contributed by atoms with Crippen molar-refractivity contribution >= 4 is 17.3 Å². The SMILES string of the molecule is O=C(OCc1cc(F)cc2c1O[C@H](c1ccccc1)OC2)c1cccs1. The van der Waals surface area contributed by atoms with Gasteiger partial charge in [-0.3, -0.25) is 0 Å². The fraction of sp³-hybridized carbons (Fsp3) is 0.150. The van der Waals surface area contributed by atoms with Crippen LogP contribution in [-0.4, -0.2) is 5.97 Å². The maximum absolute atomic E-state index is 13.9. The van der Waals surface area contributed by atoms with E-state index in [-0.39, 0.29) is 13.2 Å². The first kappa shape index (κ1) is 16.8. The Kier molecular flexibility index (Phi) is 4.69. The third-order valence-corrected chi connectivity index (χ3v) is 4.83. The molecule has 0 spiro atoms. The summed E-state index contributed by atoms with van der Waals surface area (Å²) < 4.78 is 30.9. The molecule has 3 aromatic rings. The summed E-state index contributed by atoms with van der Waals surface area (Å²) in [4.78, 5) is 12.5. The van der Waals surface area contributed by atoms with E-state index < -0.39 is 18.1 Å². The van der Waals surface area contributed by atoms with Gasteiger partial charge in [0.05, 0.1) is 6.61 Å². The van der Waals surface area contributed by atoms with E-state index in [1.54, 1.807) is 17.5 Å². The highest BCUT2D eigenvalue weighted by Gasteiger charge is 2.25. The molecular weight excluding hydrogens is 355 g/mol. The highest BCUT2D eigenvalue weighted by molar-refractivity contribution is 7.11. The topological polar surface area (TPSA) is 44.8 Å². The normalized spacial score (nSPS) is 15.8. The Labute approximate surface area is 153 Å². The zero-order chi connectivity index (χ0) is 17.9. The second-order valence-corrected chi connectivity index (χ2v) is 6.73. The first-order valence-corrected chi connectivity index (χ1v) is 8.94. The molecule has 2 heterocycles. The van der Waals surface area contributed by atoms with Gasteiger partial charge in [0.1, 0.15) is 23.1 Å². The summed E-state index contributed by atoms with van der Waals surface area (Å²) in [7, 11) is 0. The molecule has 1 aliphatic heterocycles. The summed E-state index contributed by atoms with van der Waals surface area (Å²) in [6.45, 7) is 0.150. The van der Waals surface area contributed by atoms with Crippen molar-refractivity contribution in [2.75, 3.05) is 0 Å². The second kappa shape index (κ2) is 7.27. The van der Waals surface area contributed by atoms with Gasteiger partial charge >= 0.3 is 5.97 Å². The monoisotopic (exact) mass is 370 g/mol. The quantitative estimate of drug-likeness (QED) is 0.616. The molecule has 2 aromatic carbocycles. The highest BCUT2D eigenvalue weighted by atomic mass is 32.1. The standard InChI is InChI=1S/C20H15FO4S/c21-16-9-14(11-23-19(22)17-7-4-8-26-17)18-15(10-16)12-24-20(25-18)13-5-2-1-3-6-13/h1-10,20H,11-12H2/t20-/m1/s1. The van der Waals surface area contributed by atoms with Crippen LogP contribution in [0.25, 0.3) is 0 Å². The number of fused-ring (bicyclic) bond motifs is 1. The average molecular weight is 370 g/mol. The lowest BCUT2D eigenvalue weighted by Crippen LogP contribution is -2.19. The van der Waals surface area contributed by atoms with Crippen molar-refractivity contribution in [3.63, 3.8) is 0 Å². The van der Waals surface area contributed by atoms with Crippen LogP contribution in [0.3, 0.4) is 0 Å². The molecular formula is C20H15FO4S. The van der Waals surface area contributed by atoms with E-state index in [4.69, 9.17) is 14.2 Å². The Morgan fingerprint density at radius 3 is 2.81 bits per heavy atom. The van der Waals surface area contributed by atoms with Crippen LogP contribution in [0.1, 0.15) is 32.7 Å². The fourth-order valence-electron chi connectivity index (χ4n) is 2.77. The van der Waals surface area contributed by atoms with Gasteiger partial charge < -0.3 is 14.2 Å². The van der Waals surface area contributed by atoms with Gasteiger partial charge in [0.25, 0.3) is 0 Å². The van der Waals surface area contributed by atoms with Gasteiger partial charge in [0.15, 0.2) is 0 Å². The molecule has 0 aliphatic carbocycles. The van der Waals surface area contributed by atoms with Crippen molar-refractivity contribution < 1.29 is 23.4 Å². The zero-order valence-electron chi connectivity index (χ0n) is 13.7. The number of hydrogen-bond acceptors (Lipinski definition) is 5. The van der Waals surface area contributed by atoms with Gasteiger partial charge in [0, 0.05) is 16.7 Å². The fourth-order valence-corrected chi connectivity index (χ4v) is 3.38. The van der Waals surface area contributed by atoms with Crippen molar-refractivity contribution in [3.05, 3.63) is 87.4 Å². The summed E-state index contributed by atoms with van der Waals surface area (Å²) in [6.07, 6.45) is -0.582. The van der Waals surface area contributed by atoms with Crippen LogP contribution < -0.4 is 4.74 Å². The Bertz CT molecular complexity index is 909. The molecule has 0 bridgehead atoms. The molecule has 0 N–H and O–H groups in total. The minimum Gasteiger partial charge on any atom is -0.460 e. The van der Waals surface area contributed by atoms with Crippen LogP contribution >= 0.6 is 11.3 Å². The molecule has 1 aliphatic rings. The van der Waals surface area contributed by atoms with Crippen LogP contribution in [0, 0.1) is 5.82 Å². The molecule has 0 amide bonds. The first-order chi connectivity index (χ1) is 12.7. The summed E-state index contributed by atoms with van der Waals surface area (Å²) >= 11 is 1.30. The van der Waals surface area contributed by atoms with E-state index in [1.807, 2.05) is 30.3 Å². The number of carbonyl (C=O) groups is 1. The minimum atomic E-state index is -0.582. The first-order valence-electron chi connectivity index (χ1n) is 8.06. The number of ether oxygens (including phenoxy) is 3. The molecule has 0 fully saturated rings. The molecule has 6 heteroatoms. The maximum atomic E-state index is 13.9. The van der Waals surface area contributed by atoms with Gasteiger partial charge in [-0.15, -0.1) is 11.3 Å². The van der Waals surface area contributed by atoms with Gasteiger partial charge in [0.2, 0.25) is 6.29 Å². The lowest BCUT2D eigenvalue weighted by atomic mass is 10.1. The van der Waals surface area contributed by atoms with E-state index >= 15 is 0 Å². The summed E-state index contributed by atoms with van der Waals surface area (Å²) in [5.74, 6) is -0.355. The van der Waals surface area contributed by atoms with E-state index in [0.717, 1.165) is 5.56 Å². The number of halogens is 1. The van der Waals surface area contributed by atoms with Crippen LogP contribution in [-0.2, 0) is 22.7 Å². The molecule has 0 saturated carbocycles. The van der Waals surface area contributed by atoms with Gasteiger partial charge in [-0.2, -0.15) is 0 Å². The van der Waals surface area contributed by atoms with Crippen molar-refractivity contribution in [3.8, 4) is 5.75 Å². The number of thiophene rings is 1. The van der Waals surface area contributed by atoms with E-state index in [9.17, 15) is 9.18 Å². The third-order valence-electron chi connectivity index (χ3n) is 3.98. The van der Waals surface area contributed by atoms with Gasteiger partial charge in [-0.25, -0.2) is 9.18 Å². The van der Waals surface area contributed by atoms with Crippen molar-refractivity contribution in [2.45, 2.75) is 19.5 Å². The Morgan fingerprint density at radius 2 is 2.04 bits per heavy atom. The van der Waals surface area contributed by atoms with E-state index in [1.165, 1.54) is 23.5 Å². The predicted molar refractivity (Wildman–Crippen MR) is 94.4 cm³/mol. The number of benzene rings is 2. The molecule has 26 heavy (non-hydrogen) atoms. The van der Waals surface area contributed by atoms with Crippen molar-refractivity contribution in [2.24, 2.45) is 0 Å². The van der Waals surface area contributed by atoms with Crippen LogP contribution in [0.5, 0.6) is 5.75 Å². The Hall–Kier alpha value is -2.70. The van der Waals surface area contributed by atoms with Crippen molar-refractivity contribution in [1.82, 2.24) is 0 Å². The van der Waals surface area contributed by atoms with Crippen LogP contribution in [0.4, 0.5) is 4.39 Å². The second-order valence-electron chi connectivity index (χ2n) is 5.78. The average Bonchev–Trinajstić information content (AvgIpc) is 3.21. The summed E-state index contributed by atoms with van der Waals surface area (Å²) in [5.41, 5.74) is 1.94. The van der Waals surface area contributed by atoms with Gasteiger partial charge in [-0.1, -0.05) is 36.4 Å². The number of rotatable bonds is 4. The highest BCUT2D eigenvalue weighted by Crippen LogP contribution is 2.36. The molecule has 4 nitrogen and oxygen atoms in total. The molecule has 0 saturated heterocycles. The smallest absolute Gasteiger partial charge is 0.348 e. The minimum absolute atomic E-state index is 0.0711. The Morgan fingerprint density at radius 1 is 1.19 bits per heavy atom. The number of carbonyl (C=O) groups excluding carboxylic acids is 1. The molecule has 1 aromatic heterocycles. The molecule has 0 unspecified atom stereocenters. The van der Waals surface area contributed by atoms with E-state index in [0.29, 0.717) is 21.8 Å². The number of hydrogen-bond donors (Lipinski definition) is 0. The molecule has 0 radical (unpaired) electrons. The zero-order valence-corrected chi connectivity index (χ0v) is 14.5. The predicted octanol–water partition coefficient (Wildman–Crippen LogP) is 4.85. The molecule has 1 atom stereocenters. The van der Waals surface area contributed by atoms with E-state index in [2.05, 4.69) is 0 Å². The van der Waals surface area contributed by atoms with Crippen LogP contribution in [0.2, 0.25) is 0 Å². The van der Waals surface area contributed by atoms with Crippen LogP contribution in [0.15, 0.2) is 60.0 Å². The lowest BCUT2D eigenvalue weighted by Gasteiger charge is -2.28.